The van der Waals surface area contributed by atoms with E-state index in [9.17, 15) is 18.7 Å². The first-order valence-corrected chi connectivity index (χ1v) is 12.2. The van der Waals surface area contributed by atoms with Crippen molar-refractivity contribution in [1.29, 1.82) is 0 Å². The van der Waals surface area contributed by atoms with E-state index in [0.29, 0.717) is 6.54 Å². The summed E-state index contributed by atoms with van der Waals surface area (Å²) in [5.74, 6) is -3.67. The lowest BCUT2D eigenvalue weighted by atomic mass is 9.86. The fourth-order valence-electron chi connectivity index (χ4n) is 5.05. The van der Waals surface area contributed by atoms with E-state index in [2.05, 4.69) is 39.8 Å². The smallest absolute Gasteiger partial charge is 0.251 e. The van der Waals surface area contributed by atoms with Crippen molar-refractivity contribution in [3.63, 3.8) is 0 Å². The number of amides is 1. The van der Waals surface area contributed by atoms with Crippen LogP contribution in [-0.2, 0) is 0 Å². The van der Waals surface area contributed by atoms with E-state index in [-0.39, 0.29) is 17.5 Å². The predicted octanol–water partition coefficient (Wildman–Crippen LogP) is 4.89. The van der Waals surface area contributed by atoms with Crippen molar-refractivity contribution in [2.24, 2.45) is 5.92 Å². The number of carbonyl (C=O) groups excluding carboxylic acids is 1. The summed E-state index contributed by atoms with van der Waals surface area (Å²) in [7, 11) is 0. The third kappa shape index (κ3) is 4.50. The SMILES string of the molecule is O=C(NCC1CCC(n2cc3ccc(-c4ccn5ncnc5c4)cc3n2)CC1)c1cc(F)c(O)c(F)c1. The molecular weight excluding hydrogens is 478 g/mol. The van der Waals surface area contributed by atoms with Gasteiger partial charge in [0.1, 0.15) is 6.33 Å². The van der Waals surface area contributed by atoms with Gasteiger partial charge < -0.3 is 10.4 Å². The molecule has 2 aromatic carbocycles. The minimum absolute atomic E-state index is 0.148. The van der Waals surface area contributed by atoms with Gasteiger partial charge in [0.25, 0.3) is 5.91 Å². The molecule has 3 aromatic heterocycles. The average molecular weight is 503 g/mol. The van der Waals surface area contributed by atoms with E-state index in [1.54, 1.807) is 4.52 Å². The van der Waals surface area contributed by atoms with Gasteiger partial charge in [-0.15, -0.1) is 0 Å². The Bertz CT molecular complexity index is 1600. The van der Waals surface area contributed by atoms with Crippen LogP contribution in [-0.4, -0.2) is 41.9 Å². The summed E-state index contributed by atoms with van der Waals surface area (Å²) >= 11 is 0. The number of phenols is 1. The minimum Gasteiger partial charge on any atom is -0.503 e. The number of carbonyl (C=O) groups is 1. The molecule has 0 saturated heterocycles. The molecule has 6 rings (SSSR count). The highest BCUT2D eigenvalue weighted by Gasteiger charge is 2.24. The molecule has 3 heterocycles. The number of hydrogen-bond donors (Lipinski definition) is 2. The maximum atomic E-state index is 13.5. The molecule has 1 fully saturated rings. The third-order valence-corrected chi connectivity index (χ3v) is 7.16. The van der Waals surface area contributed by atoms with Crippen molar-refractivity contribution in [3.8, 4) is 16.9 Å². The topological polar surface area (TPSA) is 97.3 Å². The van der Waals surface area contributed by atoms with Crippen LogP contribution < -0.4 is 5.32 Å². The van der Waals surface area contributed by atoms with Crippen molar-refractivity contribution in [2.45, 2.75) is 31.7 Å². The van der Waals surface area contributed by atoms with Crippen LogP contribution >= 0.6 is 0 Å². The number of phenolic OH excluding ortho intramolecular Hbond substituents is 1. The quantitative estimate of drug-likeness (QED) is 0.357. The highest BCUT2D eigenvalue weighted by Crippen LogP contribution is 2.33. The molecule has 1 saturated carbocycles. The number of aromatic hydroxyl groups is 1. The predicted molar refractivity (Wildman–Crippen MR) is 133 cm³/mol. The zero-order chi connectivity index (χ0) is 25.5. The lowest BCUT2D eigenvalue weighted by Gasteiger charge is -2.28. The fraction of sp³-hybridized carbons (Fsp3) is 0.259. The Labute approximate surface area is 210 Å². The molecule has 8 nitrogen and oxygen atoms in total. The second kappa shape index (κ2) is 9.27. The van der Waals surface area contributed by atoms with E-state index in [0.717, 1.165) is 65.5 Å². The molecule has 10 heteroatoms. The standard InChI is InChI=1S/C27H24F2N6O2/c28-22-9-20(10-23(29)26(22)36)27(37)30-13-16-1-5-21(6-2-16)35-14-19-4-3-17(11-24(19)33-35)18-7-8-34-25(12-18)31-15-32-34/h3-4,7-12,14-16,21,36H,1-2,5-6,13H2,(H,30,37). The molecular formula is C27H24F2N6O2. The van der Waals surface area contributed by atoms with Crippen molar-refractivity contribution in [1.82, 2.24) is 29.7 Å². The van der Waals surface area contributed by atoms with Crippen LogP contribution in [0.2, 0.25) is 0 Å². The number of benzene rings is 2. The lowest BCUT2D eigenvalue weighted by Crippen LogP contribution is -2.31. The number of nitrogens with zero attached hydrogens (tertiary/aromatic N) is 5. The van der Waals surface area contributed by atoms with Gasteiger partial charge in [-0.1, -0.05) is 12.1 Å². The Morgan fingerprint density at radius 3 is 2.57 bits per heavy atom. The highest BCUT2D eigenvalue weighted by molar-refractivity contribution is 5.94. The Morgan fingerprint density at radius 1 is 1.03 bits per heavy atom. The first-order chi connectivity index (χ1) is 17.9. The molecule has 0 aliphatic heterocycles. The van der Waals surface area contributed by atoms with E-state index in [1.165, 1.54) is 6.33 Å². The zero-order valence-electron chi connectivity index (χ0n) is 19.8. The molecule has 1 amide bonds. The summed E-state index contributed by atoms with van der Waals surface area (Å²) in [6.45, 7) is 0.427. The maximum absolute atomic E-state index is 13.5. The van der Waals surface area contributed by atoms with Gasteiger partial charge in [-0.3, -0.25) is 9.48 Å². The van der Waals surface area contributed by atoms with Gasteiger partial charge in [-0.2, -0.15) is 10.2 Å². The van der Waals surface area contributed by atoms with Gasteiger partial charge in [0.2, 0.25) is 0 Å². The average Bonchev–Trinajstić information content (AvgIpc) is 3.56. The van der Waals surface area contributed by atoms with Crippen LogP contribution in [0.15, 0.2) is 61.2 Å². The van der Waals surface area contributed by atoms with Gasteiger partial charge in [-0.25, -0.2) is 18.3 Å². The second-order valence-electron chi connectivity index (χ2n) is 9.53. The van der Waals surface area contributed by atoms with Gasteiger partial charge in [0, 0.05) is 29.9 Å². The number of pyridine rings is 1. The summed E-state index contributed by atoms with van der Waals surface area (Å²) in [6.07, 6.45) is 9.17. The molecule has 2 N–H and O–H groups in total. The minimum atomic E-state index is -1.15. The molecule has 0 unspecified atom stereocenters. The lowest BCUT2D eigenvalue weighted by molar-refractivity contribution is 0.0940. The molecule has 0 radical (unpaired) electrons. The van der Waals surface area contributed by atoms with Gasteiger partial charge in [-0.05, 0) is 73.1 Å². The highest BCUT2D eigenvalue weighted by atomic mass is 19.1. The summed E-state index contributed by atoms with van der Waals surface area (Å²) in [5, 5.41) is 22.1. The summed E-state index contributed by atoms with van der Waals surface area (Å²) < 4.78 is 30.9. The van der Waals surface area contributed by atoms with E-state index < -0.39 is 23.3 Å². The summed E-state index contributed by atoms with van der Waals surface area (Å²) in [6, 6.07) is 12.2. The van der Waals surface area contributed by atoms with E-state index >= 15 is 0 Å². The molecule has 37 heavy (non-hydrogen) atoms. The van der Waals surface area contributed by atoms with Crippen molar-refractivity contribution < 1.29 is 18.7 Å². The Hall–Kier alpha value is -4.34. The fourth-order valence-corrected chi connectivity index (χ4v) is 5.05. The van der Waals surface area contributed by atoms with Gasteiger partial charge in [0.05, 0.1) is 11.6 Å². The van der Waals surface area contributed by atoms with Crippen LogP contribution in [0.1, 0.15) is 42.1 Å². The van der Waals surface area contributed by atoms with Gasteiger partial charge in [0.15, 0.2) is 23.0 Å². The summed E-state index contributed by atoms with van der Waals surface area (Å²) in [5.41, 5.74) is 3.69. The third-order valence-electron chi connectivity index (χ3n) is 7.16. The molecule has 0 bridgehead atoms. The first kappa shape index (κ1) is 23.1. The monoisotopic (exact) mass is 502 g/mol. The number of nitrogens with one attached hydrogen (secondary N) is 1. The Kier molecular flexibility index (Phi) is 5.78. The van der Waals surface area contributed by atoms with Gasteiger partial charge >= 0.3 is 0 Å². The molecule has 1 aliphatic carbocycles. The van der Waals surface area contributed by atoms with Crippen LogP contribution in [0.4, 0.5) is 8.78 Å². The van der Waals surface area contributed by atoms with E-state index in [1.807, 2.05) is 23.0 Å². The zero-order valence-corrected chi connectivity index (χ0v) is 19.8. The maximum Gasteiger partial charge on any atom is 0.251 e. The van der Waals surface area contributed by atoms with Crippen LogP contribution in [0.5, 0.6) is 5.75 Å². The molecule has 1 aliphatic rings. The number of halogens is 2. The number of rotatable bonds is 5. The molecule has 5 aromatic rings. The Morgan fingerprint density at radius 2 is 1.78 bits per heavy atom. The number of fused-ring (bicyclic) bond motifs is 2. The van der Waals surface area contributed by atoms with Crippen molar-refractivity contribution in [3.05, 3.63) is 78.4 Å². The normalized spacial score (nSPS) is 17.9. The molecule has 0 atom stereocenters. The van der Waals surface area contributed by atoms with Crippen LogP contribution in [0, 0.1) is 17.6 Å². The molecule has 188 valence electrons. The van der Waals surface area contributed by atoms with Crippen molar-refractivity contribution >= 4 is 22.5 Å². The van der Waals surface area contributed by atoms with Crippen molar-refractivity contribution in [2.75, 3.05) is 6.54 Å². The second-order valence-corrected chi connectivity index (χ2v) is 9.53. The first-order valence-electron chi connectivity index (χ1n) is 12.2. The number of hydrogen-bond acceptors (Lipinski definition) is 5. The summed E-state index contributed by atoms with van der Waals surface area (Å²) in [4.78, 5) is 16.6. The Balaban J connectivity index is 1.08. The largest absolute Gasteiger partial charge is 0.503 e. The number of aromatic nitrogens is 5. The van der Waals surface area contributed by atoms with Crippen LogP contribution in [0.3, 0.4) is 0 Å². The van der Waals surface area contributed by atoms with E-state index in [4.69, 9.17) is 5.10 Å². The molecule has 0 spiro atoms. The van der Waals surface area contributed by atoms with Crippen LogP contribution in [0.25, 0.3) is 27.7 Å².